The molecular weight excluding hydrogens is 480 g/mol. The molecule has 0 spiro atoms. The van der Waals surface area contributed by atoms with Crippen molar-refractivity contribution in [3.05, 3.63) is 108 Å². The van der Waals surface area contributed by atoms with Gasteiger partial charge in [-0.25, -0.2) is 0 Å². The molecule has 1 aromatic heterocycles. The summed E-state index contributed by atoms with van der Waals surface area (Å²) in [6, 6.07) is 28.6. The predicted molar refractivity (Wildman–Crippen MR) is 167 cm³/mol. The summed E-state index contributed by atoms with van der Waals surface area (Å²) in [5.74, 6) is 0. The molecule has 0 saturated heterocycles. The fourth-order valence-electron chi connectivity index (χ4n) is 3.92. The molecule has 0 radical (unpaired) electrons. The Labute approximate surface area is 234 Å². The van der Waals surface area contributed by atoms with Gasteiger partial charge in [0.2, 0.25) is 0 Å². The van der Waals surface area contributed by atoms with Crippen LogP contribution in [0.1, 0.15) is 51.3 Å². The van der Waals surface area contributed by atoms with Gasteiger partial charge in [0.05, 0.1) is 35.5 Å². The zero-order chi connectivity index (χ0) is 28.7. The number of nitriles is 1. The molecule has 2 N–H and O–H groups in total. The lowest BCUT2D eigenvalue weighted by molar-refractivity contribution is 0.158. The third-order valence-electron chi connectivity index (χ3n) is 6.13. The average Bonchev–Trinajstić information content (AvgIpc) is 3.00. The highest BCUT2D eigenvalue weighted by molar-refractivity contribution is 6.00. The Morgan fingerprint density at radius 1 is 0.974 bits per heavy atom. The van der Waals surface area contributed by atoms with Gasteiger partial charge in [0.25, 0.3) is 0 Å². The highest BCUT2D eigenvalue weighted by Gasteiger charge is 2.20. The molecule has 0 fully saturated rings. The number of pyridine rings is 1. The van der Waals surface area contributed by atoms with Crippen molar-refractivity contribution in [1.82, 2.24) is 4.98 Å². The van der Waals surface area contributed by atoms with Crippen molar-refractivity contribution in [2.24, 2.45) is 0 Å². The van der Waals surface area contributed by atoms with Gasteiger partial charge in [-0.3, -0.25) is 4.98 Å². The number of hydrogen-bond acceptors (Lipinski definition) is 5. The van der Waals surface area contributed by atoms with Gasteiger partial charge in [-0.05, 0) is 55.7 Å². The third kappa shape index (κ3) is 8.70. The van der Waals surface area contributed by atoms with Crippen molar-refractivity contribution in [3.8, 4) is 6.07 Å². The van der Waals surface area contributed by atoms with E-state index in [4.69, 9.17) is 4.74 Å². The quantitative estimate of drug-likeness (QED) is 0.216. The number of fused-ring (bicyclic) bond motifs is 1. The molecule has 204 valence electrons. The summed E-state index contributed by atoms with van der Waals surface area (Å²) in [5, 5.41) is 16.8. The van der Waals surface area contributed by atoms with Gasteiger partial charge in [0.15, 0.2) is 0 Å². The minimum absolute atomic E-state index is 0.501. The van der Waals surface area contributed by atoms with Crippen LogP contribution in [0.4, 0.5) is 11.4 Å². The molecule has 39 heavy (non-hydrogen) atoms. The van der Waals surface area contributed by atoms with Gasteiger partial charge in [-0.1, -0.05) is 81.1 Å². The summed E-state index contributed by atoms with van der Waals surface area (Å²) < 4.78 is 5.19. The lowest BCUT2D eigenvalue weighted by Crippen LogP contribution is -2.13. The minimum atomic E-state index is -0.501. The van der Waals surface area contributed by atoms with Crippen LogP contribution in [0.3, 0.4) is 0 Å². The van der Waals surface area contributed by atoms with Crippen LogP contribution in [0.5, 0.6) is 0 Å². The summed E-state index contributed by atoms with van der Waals surface area (Å²) >= 11 is 0. The zero-order valence-electron chi connectivity index (χ0n) is 24.2. The fraction of sp³-hybridized carbons (Fsp3) is 0.294. The minimum Gasteiger partial charge on any atom is -0.386 e. The average molecular weight is 523 g/mol. The molecule has 0 aliphatic heterocycles. The number of benzene rings is 3. The second-order valence-electron chi connectivity index (χ2n) is 9.10. The van der Waals surface area contributed by atoms with Crippen molar-refractivity contribution < 1.29 is 4.74 Å². The van der Waals surface area contributed by atoms with Crippen molar-refractivity contribution in [2.45, 2.75) is 40.0 Å². The Hall–Kier alpha value is -4.14. The topological polar surface area (TPSA) is 70.0 Å². The van der Waals surface area contributed by atoms with Crippen LogP contribution < -0.4 is 10.6 Å². The van der Waals surface area contributed by atoms with Crippen molar-refractivity contribution in [3.63, 3.8) is 0 Å². The van der Waals surface area contributed by atoms with Gasteiger partial charge in [0.1, 0.15) is 0 Å². The molecule has 0 aliphatic carbocycles. The summed E-state index contributed by atoms with van der Waals surface area (Å²) in [4.78, 5) is 4.51. The Kier molecular flexibility index (Phi) is 12.7. The van der Waals surface area contributed by atoms with E-state index in [0.29, 0.717) is 0 Å². The van der Waals surface area contributed by atoms with Crippen LogP contribution in [0.15, 0.2) is 91.6 Å². The number of nitrogens with zero attached hydrogens (tertiary/aromatic N) is 2. The maximum atomic E-state index is 9.31. The molecule has 0 bridgehead atoms. The molecule has 1 heterocycles. The predicted octanol–water partition coefficient (Wildman–Crippen LogP) is 8.30. The number of hydrogen-bond donors (Lipinski definition) is 2. The monoisotopic (exact) mass is 522 g/mol. The first-order chi connectivity index (χ1) is 18.9. The van der Waals surface area contributed by atoms with E-state index in [-0.39, 0.29) is 0 Å². The van der Waals surface area contributed by atoms with E-state index >= 15 is 0 Å². The first-order valence-electron chi connectivity index (χ1n) is 13.5. The summed E-state index contributed by atoms with van der Waals surface area (Å²) in [5.41, 5.74) is 6.57. The maximum absolute atomic E-state index is 9.31. The lowest BCUT2D eigenvalue weighted by atomic mass is 9.85. The number of nitrogens with one attached hydrogen (secondary N) is 2. The van der Waals surface area contributed by atoms with E-state index in [9.17, 15) is 5.26 Å². The third-order valence-corrected chi connectivity index (χ3v) is 6.13. The van der Waals surface area contributed by atoms with E-state index in [1.807, 2.05) is 121 Å². The van der Waals surface area contributed by atoms with Gasteiger partial charge >= 0.3 is 0 Å². The molecule has 4 rings (SSSR count). The largest absolute Gasteiger partial charge is 0.386 e. The number of para-hydroxylation sites is 2. The highest BCUT2D eigenvalue weighted by Crippen LogP contribution is 2.34. The summed E-state index contributed by atoms with van der Waals surface area (Å²) in [7, 11) is 1.89. The van der Waals surface area contributed by atoms with Crippen LogP contribution in [-0.2, 0) is 10.2 Å². The fourth-order valence-corrected chi connectivity index (χ4v) is 3.92. The molecule has 0 atom stereocenters. The Morgan fingerprint density at radius 2 is 1.62 bits per heavy atom. The first-order valence-corrected chi connectivity index (χ1v) is 13.5. The first kappa shape index (κ1) is 31.1. The van der Waals surface area contributed by atoms with Gasteiger partial charge in [-0.15, -0.1) is 0 Å². The molecular formula is C34H42N4O. The summed E-state index contributed by atoms with van der Waals surface area (Å²) in [6.07, 6.45) is 1.84. The second-order valence-corrected chi connectivity index (χ2v) is 9.10. The number of aromatic nitrogens is 1. The lowest BCUT2D eigenvalue weighted by Gasteiger charge is -2.18. The van der Waals surface area contributed by atoms with Crippen LogP contribution >= 0.6 is 0 Å². The number of rotatable bonds is 9. The van der Waals surface area contributed by atoms with Crippen molar-refractivity contribution in [1.29, 1.82) is 5.26 Å². The standard InChI is InChI=1S/C22H21N3.C10H15NO.C2H6/c1-15(16-9-11-17(12-10-16)22(2,3)14-23)21-18-7-5-6-8-19(18)25-13-20(21)24-4;1-2-12-9-8-11-10-6-4-3-5-7-10;1-2/h5-13,24H,1H2,2-4H3;3-7,11H,2,8-9H2,1H3;1-2H3. The molecule has 0 unspecified atom stereocenters. The molecule has 0 aliphatic rings. The van der Waals surface area contributed by atoms with E-state index in [1.165, 1.54) is 0 Å². The zero-order valence-corrected chi connectivity index (χ0v) is 24.2. The van der Waals surface area contributed by atoms with Crippen LogP contribution in [0, 0.1) is 11.3 Å². The Balaban J connectivity index is 0.000000320. The van der Waals surface area contributed by atoms with Crippen LogP contribution in [0.2, 0.25) is 0 Å². The molecule has 4 aromatic rings. The molecule has 3 aromatic carbocycles. The van der Waals surface area contributed by atoms with Crippen LogP contribution in [-0.4, -0.2) is 31.8 Å². The van der Waals surface area contributed by atoms with E-state index in [1.54, 1.807) is 0 Å². The number of anilines is 2. The second kappa shape index (κ2) is 16.0. The smallest absolute Gasteiger partial charge is 0.0766 e. The van der Waals surface area contributed by atoms with Gasteiger partial charge < -0.3 is 15.4 Å². The summed E-state index contributed by atoms with van der Waals surface area (Å²) in [6.45, 7) is 16.6. The highest BCUT2D eigenvalue weighted by atomic mass is 16.5. The van der Waals surface area contributed by atoms with Gasteiger partial charge in [-0.2, -0.15) is 5.26 Å². The van der Waals surface area contributed by atoms with E-state index < -0.39 is 5.41 Å². The molecule has 5 nitrogen and oxygen atoms in total. The van der Waals surface area contributed by atoms with Gasteiger partial charge in [0, 0.05) is 36.8 Å². The van der Waals surface area contributed by atoms with Crippen LogP contribution in [0.25, 0.3) is 16.5 Å². The Bertz CT molecular complexity index is 1340. The normalized spacial score (nSPS) is 10.3. The molecule has 5 heteroatoms. The van der Waals surface area contributed by atoms with Crippen molar-refractivity contribution in [2.75, 3.05) is 37.4 Å². The van der Waals surface area contributed by atoms with E-state index in [2.05, 4.69) is 34.3 Å². The van der Waals surface area contributed by atoms with E-state index in [0.717, 1.165) is 64.3 Å². The maximum Gasteiger partial charge on any atom is 0.0766 e. The SMILES string of the molecule is C=C(c1ccc(C(C)(C)C#N)cc1)c1c(NC)cnc2ccccc12.CC.CCOCCNc1ccccc1. The van der Waals surface area contributed by atoms with Crippen molar-refractivity contribution >= 4 is 27.9 Å². The Morgan fingerprint density at radius 3 is 2.23 bits per heavy atom. The molecule has 0 amide bonds. The molecule has 0 saturated carbocycles. The number of ether oxygens (including phenoxy) is 1.